The quantitative estimate of drug-likeness (QED) is 0.682. The third-order valence-corrected chi connectivity index (χ3v) is 5.11. The van der Waals surface area contributed by atoms with Gasteiger partial charge >= 0.3 is 0 Å². The van der Waals surface area contributed by atoms with Crippen LogP contribution in [0.5, 0.6) is 0 Å². The Kier molecular flexibility index (Phi) is 6.25. The molecule has 1 rings (SSSR count). The van der Waals surface area contributed by atoms with Gasteiger partial charge in [0.15, 0.2) is 0 Å². The molecule has 0 heterocycles. The molecule has 1 saturated carbocycles. The van der Waals surface area contributed by atoms with Crippen LogP contribution in [0.15, 0.2) is 0 Å². The molecule has 0 aliphatic heterocycles. The molecule has 0 aromatic rings. The highest BCUT2D eigenvalue weighted by Crippen LogP contribution is 2.28. The first-order chi connectivity index (χ1) is 8.45. The lowest BCUT2D eigenvalue weighted by molar-refractivity contribution is -0.122. The van der Waals surface area contributed by atoms with E-state index in [1.165, 1.54) is 6.26 Å². The van der Waals surface area contributed by atoms with Crippen molar-refractivity contribution in [1.29, 1.82) is 0 Å². The molecule has 2 atom stereocenters. The molecule has 1 fully saturated rings. The Bertz CT molecular complexity index is 366. The van der Waals surface area contributed by atoms with Crippen LogP contribution in [0.4, 0.5) is 0 Å². The van der Waals surface area contributed by atoms with E-state index in [1.807, 2.05) is 0 Å². The van der Waals surface area contributed by atoms with Crippen LogP contribution in [0.1, 0.15) is 25.7 Å². The maximum atomic E-state index is 11.9. The summed E-state index contributed by atoms with van der Waals surface area (Å²) in [5, 5.41) is 2.68. The molecule has 2 unspecified atom stereocenters. The number of carbonyl (C=O) groups is 1. The van der Waals surface area contributed by atoms with Gasteiger partial charge in [0.1, 0.15) is 15.6 Å². The van der Waals surface area contributed by atoms with Gasteiger partial charge in [-0.3, -0.25) is 4.79 Å². The van der Waals surface area contributed by atoms with Crippen molar-refractivity contribution in [2.24, 2.45) is 5.92 Å². The second-order valence-corrected chi connectivity index (χ2v) is 7.28. The van der Waals surface area contributed by atoms with E-state index in [0.717, 1.165) is 12.8 Å². The highest BCUT2D eigenvalue weighted by atomic mass is 32.2. The Balaban J connectivity index is 2.39. The molecule has 1 aliphatic rings. The summed E-state index contributed by atoms with van der Waals surface area (Å²) in [6, 6.07) is 0. The summed E-state index contributed by atoms with van der Waals surface area (Å²) in [5.74, 6) is 0.0213. The largest absolute Gasteiger partial charge is 0.383 e. The van der Waals surface area contributed by atoms with Crippen LogP contribution in [0.25, 0.3) is 0 Å². The van der Waals surface area contributed by atoms with Gasteiger partial charge in [-0.2, -0.15) is 0 Å². The monoisotopic (exact) mass is 277 g/mol. The first-order valence-electron chi connectivity index (χ1n) is 6.36. The standard InChI is InChI=1S/C12H23NO4S/c1-17-7-6-13-9-12(14)10-4-3-5-11(8-10)18(2,15)16/h10-11,13H,3-9H2,1-2H3. The highest BCUT2D eigenvalue weighted by molar-refractivity contribution is 7.91. The van der Waals surface area contributed by atoms with Crippen molar-refractivity contribution in [1.82, 2.24) is 5.32 Å². The molecule has 0 radical (unpaired) electrons. The molecule has 6 heteroatoms. The van der Waals surface area contributed by atoms with Crippen LogP contribution in [-0.4, -0.2) is 52.5 Å². The molecule has 0 bridgehead atoms. The molecule has 0 amide bonds. The summed E-state index contributed by atoms with van der Waals surface area (Å²) < 4.78 is 27.9. The van der Waals surface area contributed by atoms with Crippen LogP contribution in [0.2, 0.25) is 0 Å². The van der Waals surface area contributed by atoms with Gasteiger partial charge in [-0.05, 0) is 19.3 Å². The molecule has 5 nitrogen and oxygen atoms in total. The zero-order valence-electron chi connectivity index (χ0n) is 11.1. The first kappa shape index (κ1) is 15.6. The number of Topliss-reactive ketones (excluding diaryl/α,β-unsaturated/α-hetero) is 1. The molecule has 0 saturated heterocycles. The van der Waals surface area contributed by atoms with Crippen molar-refractivity contribution in [3.8, 4) is 0 Å². The maximum Gasteiger partial charge on any atom is 0.150 e. The van der Waals surface area contributed by atoms with Crippen LogP contribution in [0, 0.1) is 5.92 Å². The van der Waals surface area contributed by atoms with E-state index in [4.69, 9.17) is 4.74 Å². The Morgan fingerprint density at radius 1 is 1.39 bits per heavy atom. The van der Waals surface area contributed by atoms with Gasteiger partial charge in [-0.15, -0.1) is 0 Å². The molecule has 0 spiro atoms. The van der Waals surface area contributed by atoms with Crippen molar-refractivity contribution in [3.63, 3.8) is 0 Å². The van der Waals surface area contributed by atoms with Gasteiger partial charge in [-0.1, -0.05) is 6.42 Å². The summed E-state index contributed by atoms with van der Waals surface area (Å²) in [6.45, 7) is 1.53. The first-order valence-corrected chi connectivity index (χ1v) is 8.32. The number of hydrogen-bond acceptors (Lipinski definition) is 5. The minimum atomic E-state index is -3.01. The number of ketones is 1. The number of carbonyl (C=O) groups excluding carboxylic acids is 1. The lowest BCUT2D eigenvalue weighted by atomic mass is 9.86. The smallest absolute Gasteiger partial charge is 0.150 e. The van der Waals surface area contributed by atoms with Gasteiger partial charge in [-0.25, -0.2) is 8.42 Å². The summed E-state index contributed by atoms with van der Waals surface area (Å²) >= 11 is 0. The Hall–Kier alpha value is -0.460. The number of hydrogen-bond donors (Lipinski definition) is 1. The second kappa shape index (κ2) is 7.21. The summed E-state index contributed by atoms with van der Waals surface area (Å²) in [7, 11) is -1.40. The molecule has 0 aromatic carbocycles. The SMILES string of the molecule is COCCNCC(=O)C1CCCC(S(C)(=O)=O)C1. The van der Waals surface area contributed by atoms with E-state index in [9.17, 15) is 13.2 Å². The van der Waals surface area contributed by atoms with Crippen LogP contribution in [-0.2, 0) is 19.4 Å². The fourth-order valence-corrected chi connectivity index (χ4v) is 3.53. The lowest BCUT2D eigenvalue weighted by Crippen LogP contribution is -2.36. The minimum absolute atomic E-state index is 0.103. The van der Waals surface area contributed by atoms with E-state index in [2.05, 4.69) is 5.32 Å². The minimum Gasteiger partial charge on any atom is -0.383 e. The lowest BCUT2D eigenvalue weighted by Gasteiger charge is -2.27. The van der Waals surface area contributed by atoms with Gasteiger partial charge in [0, 0.05) is 25.8 Å². The van der Waals surface area contributed by atoms with Gasteiger partial charge in [0.2, 0.25) is 0 Å². The van der Waals surface area contributed by atoms with E-state index >= 15 is 0 Å². The van der Waals surface area contributed by atoms with Crippen molar-refractivity contribution in [3.05, 3.63) is 0 Å². The molecule has 0 aromatic heterocycles. The van der Waals surface area contributed by atoms with Gasteiger partial charge in [0.25, 0.3) is 0 Å². The third-order valence-electron chi connectivity index (χ3n) is 3.47. The highest BCUT2D eigenvalue weighted by Gasteiger charge is 2.31. The molecule has 1 aliphatic carbocycles. The predicted octanol–water partition coefficient (Wildman–Crippen LogP) is 0.395. The maximum absolute atomic E-state index is 11.9. The number of ether oxygens (including phenoxy) is 1. The molecule has 1 N–H and O–H groups in total. The zero-order valence-corrected chi connectivity index (χ0v) is 12.0. The molecule has 18 heavy (non-hydrogen) atoms. The Morgan fingerprint density at radius 2 is 2.11 bits per heavy atom. The Morgan fingerprint density at radius 3 is 2.72 bits per heavy atom. The van der Waals surface area contributed by atoms with Crippen molar-refractivity contribution >= 4 is 15.6 Å². The topological polar surface area (TPSA) is 72.5 Å². The van der Waals surface area contributed by atoms with Crippen LogP contribution in [0.3, 0.4) is 0 Å². The van der Waals surface area contributed by atoms with Crippen LogP contribution >= 0.6 is 0 Å². The van der Waals surface area contributed by atoms with E-state index in [-0.39, 0.29) is 17.0 Å². The summed E-state index contributed by atoms with van der Waals surface area (Å²) in [6.07, 6.45) is 4.09. The second-order valence-electron chi connectivity index (χ2n) is 4.95. The Labute approximate surface area is 109 Å². The number of sulfone groups is 1. The third kappa shape index (κ3) is 5.04. The molecular weight excluding hydrogens is 254 g/mol. The number of rotatable bonds is 7. The fourth-order valence-electron chi connectivity index (χ4n) is 2.36. The average Bonchev–Trinajstić information content (AvgIpc) is 2.33. The van der Waals surface area contributed by atoms with Crippen molar-refractivity contribution in [2.45, 2.75) is 30.9 Å². The normalized spacial score (nSPS) is 25.0. The number of nitrogens with one attached hydrogen (secondary N) is 1. The predicted molar refractivity (Wildman–Crippen MR) is 70.3 cm³/mol. The van der Waals surface area contributed by atoms with E-state index in [1.54, 1.807) is 7.11 Å². The molecule has 106 valence electrons. The average molecular weight is 277 g/mol. The van der Waals surface area contributed by atoms with Gasteiger partial charge < -0.3 is 10.1 Å². The van der Waals surface area contributed by atoms with Crippen LogP contribution < -0.4 is 5.32 Å². The summed E-state index contributed by atoms with van der Waals surface area (Å²) in [5.41, 5.74) is 0. The van der Waals surface area contributed by atoms with Gasteiger partial charge in [0.05, 0.1) is 18.4 Å². The zero-order chi connectivity index (χ0) is 13.6. The number of methoxy groups -OCH3 is 1. The van der Waals surface area contributed by atoms with E-state index in [0.29, 0.717) is 32.5 Å². The van der Waals surface area contributed by atoms with E-state index < -0.39 is 9.84 Å². The fraction of sp³-hybridized carbons (Fsp3) is 0.917. The van der Waals surface area contributed by atoms with Crippen molar-refractivity contribution < 1.29 is 17.9 Å². The molecular formula is C12H23NO4S. The van der Waals surface area contributed by atoms with Crippen molar-refractivity contribution in [2.75, 3.05) is 33.1 Å². The summed E-state index contributed by atoms with van der Waals surface area (Å²) in [4.78, 5) is 11.9.